The molecule has 0 saturated carbocycles. The fourth-order valence-corrected chi connectivity index (χ4v) is 4.39. The largest absolute Gasteiger partial charge is 0.378 e. The number of nitrogens with one attached hydrogen (secondary N) is 3. The van der Waals surface area contributed by atoms with Gasteiger partial charge in [-0.05, 0) is 31.5 Å². The van der Waals surface area contributed by atoms with Gasteiger partial charge in [0.05, 0.1) is 25.1 Å². The fourth-order valence-electron chi connectivity index (χ4n) is 4.39. The molecule has 3 N–H and O–H groups in total. The minimum absolute atomic E-state index is 0.0263. The van der Waals surface area contributed by atoms with E-state index in [1.807, 2.05) is 31.2 Å². The number of hydrogen-bond acceptors (Lipinski definition) is 8. The van der Waals surface area contributed by atoms with E-state index in [9.17, 15) is 4.79 Å². The van der Waals surface area contributed by atoms with Crippen LogP contribution in [0.1, 0.15) is 28.8 Å². The number of aromatic nitrogens is 2. The Bertz CT molecular complexity index is 1090. The lowest BCUT2D eigenvalue weighted by atomic mass is 10.1. The number of carbonyl (C=O) groups is 1. The van der Waals surface area contributed by atoms with Gasteiger partial charge in [-0.2, -0.15) is 10.1 Å². The highest BCUT2D eigenvalue weighted by molar-refractivity contribution is 6.00. The van der Waals surface area contributed by atoms with Gasteiger partial charge in [0.15, 0.2) is 0 Å². The third kappa shape index (κ3) is 5.04. The summed E-state index contributed by atoms with van der Waals surface area (Å²) in [5.74, 6) is 1.23. The molecule has 9 nitrogen and oxygen atoms in total. The molecular weight excluding hydrogens is 418 g/mol. The van der Waals surface area contributed by atoms with Gasteiger partial charge in [0, 0.05) is 43.2 Å². The van der Waals surface area contributed by atoms with Crippen LogP contribution in [0.5, 0.6) is 0 Å². The summed E-state index contributed by atoms with van der Waals surface area (Å²) in [6, 6.07) is 8.28. The molecule has 2 fully saturated rings. The molecule has 3 aliphatic rings. The molecule has 1 amide bonds. The molecule has 9 heteroatoms. The molecule has 0 radical (unpaired) electrons. The molecule has 3 heterocycles. The molecule has 33 heavy (non-hydrogen) atoms. The van der Waals surface area contributed by atoms with Crippen molar-refractivity contribution in [2.75, 3.05) is 49.7 Å². The zero-order chi connectivity index (χ0) is 22.6. The standard InChI is InChI=1S/C24H29N7O2/c1-16-3-2-4-17(11-16)14-26-30-24-28-21-13-18(23(32)27-19-5-6-25-15-19)12-20(21)22(29-24)31-7-9-33-10-8-31/h2-4,11,13-14,19,25H,5-10,12,15H2,1H3,(H,27,32)(H,28,29,30)/b26-14+. The number of carbonyl (C=O) groups excluding carboxylic acids is 1. The first kappa shape index (κ1) is 21.5. The van der Waals surface area contributed by atoms with E-state index < -0.39 is 0 Å². The number of hydrazone groups is 1. The van der Waals surface area contributed by atoms with Gasteiger partial charge < -0.3 is 20.3 Å². The van der Waals surface area contributed by atoms with Crippen LogP contribution in [0, 0.1) is 6.92 Å². The lowest BCUT2D eigenvalue weighted by Crippen LogP contribution is -2.38. The maximum atomic E-state index is 12.9. The van der Waals surface area contributed by atoms with E-state index >= 15 is 0 Å². The summed E-state index contributed by atoms with van der Waals surface area (Å²) in [5, 5.41) is 10.8. The van der Waals surface area contributed by atoms with Crippen molar-refractivity contribution in [1.29, 1.82) is 0 Å². The molecule has 0 spiro atoms. The predicted molar refractivity (Wildman–Crippen MR) is 129 cm³/mol. The zero-order valence-electron chi connectivity index (χ0n) is 18.8. The number of nitrogens with zero attached hydrogens (tertiary/aromatic N) is 4. The Morgan fingerprint density at radius 1 is 1.30 bits per heavy atom. The molecule has 0 bridgehead atoms. The Balaban J connectivity index is 1.38. The van der Waals surface area contributed by atoms with Crippen molar-refractivity contribution in [2.45, 2.75) is 25.8 Å². The van der Waals surface area contributed by atoms with Crippen molar-refractivity contribution >= 4 is 30.0 Å². The van der Waals surface area contributed by atoms with E-state index in [1.165, 1.54) is 5.56 Å². The Morgan fingerprint density at radius 3 is 2.97 bits per heavy atom. The lowest BCUT2D eigenvalue weighted by molar-refractivity contribution is -0.118. The Kier molecular flexibility index (Phi) is 6.32. The number of amides is 1. The van der Waals surface area contributed by atoms with Crippen LogP contribution >= 0.6 is 0 Å². The quantitative estimate of drug-likeness (QED) is 0.455. The van der Waals surface area contributed by atoms with Crippen molar-refractivity contribution < 1.29 is 9.53 Å². The van der Waals surface area contributed by atoms with Crippen LogP contribution in [0.3, 0.4) is 0 Å². The third-order valence-corrected chi connectivity index (χ3v) is 6.11. The van der Waals surface area contributed by atoms with Crippen molar-refractivity contribution in [3.63, 3.8) is 0 Å². The number of morpholine rings is 1. The molecule has 2 aromatic rings. The smallest absolute Gasteiger partial charge is 0.247 e. The summed E-state index contributed by atoms with van der Waals surface area (Å²) in [7, 11) is 0. The third-order valence-electron chi connectivity index (χ3n) is 6.11. The number of rotatable bonds is 6. The van der Waals surface area contributed by atoms with Gasteiger partial charge >= 0.3 is 0 Å². The highest BCUT2D eigenvalue weighted by atomic mass is 16.5. The summed E-state index contributed by atoms with van der Waals surface area (Å²) >= 11 is 0. The first-order chi connectivity index (χ1) is 16.2. The number of anilines is 2. The van der Waals surface area contributed by atoms with E-state index in [-0.39, 0.29) is 11.9 Å². The normalized spacial score (nSPS) is 20.1. The lowest BCUT2D eigenvalue weighted by Gasteiger charge is -2.29. The zero-order valence-corrected chi connectivity index (χ0v) is 18.8. The van der Waals surface area contributed by atoms with Crippen LogP contribution < -0.4 is 21.0 Å². The predicted octanol–water partition coefficient (Wildman–Crippen LogP) is 1.49. The molecule has 5 rings (SSSR count). The Morgan fingerprint density at radius 2 is 2.18 bits per heavy atom. The van der Waals surface area contributed by atoms with Gasteiger partial charge in [0.2, 0.25) is 11.9 Å². The first-order valence-corrected chi connectivity index (χ1v) is 11.5. The molecule has 1 aliphatic carbocycles. The Labute approximate surface area is 193 Å². The molecule has 2 saturated heterocycles. The van der Waals surface area contributed by atoms with Gasteiger partial charge in [-0.3, -0.25) is 4.79 Å². The van der Waals surface area contributed by atoms with Crippen molar-refractivity contribution in [2.24, 2.45) is 5.10 Å². The van der Waals surface area contributed by atoms with Crippen LogP contribution in [0.15, 0.2) is 34.9 Å². The molecule has 1 aromatic carbocycles. The van der Waals surface area contributed by atoms with E-state index in [0.717, 1.165) is 60.8 Å². The van der Waals surface area contributed by atoms with Gasteiger partial charge in [-0.25, -0.2) is 10.4 Å². The average molecular weight is 448 g/mol. The summed E-state index contributed by atoms with van der Waals surface area (Å²) in [4.78, 5) is 24.5. The summed E-state index contributed by atoms with van der Waals surface area (Å²) in [6.07, 6.45) is 5.12. The topological polar surface area (TPSA) is 104 Å². The van der Waals surface area contributed by atoms with E-state index in [2.05, 4.69) is 37.1 Å². The maximum Gasteiger partial charge on any atom is 0.247 e. The van der Waals surface area contributed by atoms with Crippen LogP contribution in [-0.2, 0) is 16.0 Å². The first-order valence-electron chi connectivity index (χ1n) is 11.5. The van der Waals surface area contributed by atoms with Gasteiger partial charge in [0.25, 0.3) is 0 Å². The van der Waals surface area contributed by atoms with E-state index in [1.54, 1.807) is 6.21 Å². The molecule has 2 aliphatic heterocycles. The van der Waals surface area contributed by atoms with Crippen LogP contribution in [0.4, 0.5) is 11.8 Å². The molecule has 172 valence electrons. The summed E-state index contributed by atoms with van der Waals surface area (Å²) in [5.41, 5.74) is 7.63. The number of ether oxygens (including phenoxy) is 1. The van der Waals surface area contributed by atoms with Crippen LogP contribution in [-0.4, -0.2) is 67.5 Å². The van der Waals surface area contributed by atoms with Gasteiger partial charge in [-0.1, -0.05) is 29.8 Å². The number of benzene rings is 1. The molecule has 1 atom stereocenters. The molecular formula is C24H29N7O2. The summed E-state index contributed by atoms with van der Waals surface area (Å²) in [6.45, 7) is 6.62. The van der Waals surface area contributed by atoms with Crippen LogP contribution in [0.25, 0.3) is 6.08 Å². The molecule has 1 aromatic heterocycles. The van der Waals surface area contributed by atoms with E-state index in [0.29, 0.717) is 25.6 Å². The average Bonchev–Trinajstić information content (AvgIpc) is 3.49. The number of aryl methyl sites for hydroxylation is 1. The molecule has 1 unspecified atom stereocenters. The van der Waals surface area contributed by atoms with E-state index in [4.69, 9.17) is 9.72 Å². The SMILES string of the molecule is Cc1cccc(/C=N/Nc2nc3c(c(N4CCOCC4)n2)CC(C(=O)NC2CCNC2)=C3)c1. The number of hydrogen-bond donors (Lipinski definition) is 3. The minimum atomic E-state index is -0.0263. The minimum Gasteiger partial charge on any atom is -0.378 e. The maximum absolute atomic E-state index is 12.9. The second kappa shape index (κ2) is 9.68. The van der Waals surface area contributed by atoms with Crippen molar-refractivity contribution in [3.05, 3.63) is 52.2 Å². The van der Waals surface area contributed by atoms with Crippen LogP contribution in [0.2, 0.25) is 0 Å². The van der Waals surface area contributed by atoms with Crippen molar-refractivity contribution in [1.82, 2.24) is 20.6 Å². The van der Waals surface area contributed by atoms with Gasteiger partial charge in [-0.15, -0.1) is 0 Å². The highest BCUT2D eigenvalue weighted by Gasteiger charge is 2.28. The van der Waals surface area contributed by atoms with Gasteiger partial charge in [0.1, 0.15) is 5.82 Å². The second-order valence-corrected chi connectivity index (χ2v) is 8.63. The summed E-state index contributed by atoms with van der Waals surface area (Å²) < 4.78 is 5.52. The second-order valence-electron chi connectivity index (χ2n) is 8.63. The highest BCUT2D eigenvalue weighted by Crippen LogP contribution is 2.32. The Hall–Kier alpha value is -3.30. The van der Waals surface area contributed by atoms with Crippen molar-refractivity contribution in [3.8, 4) is 0 Å². The fraction of sp³-hybridized carbons (Fsp3) is 0.417. The number of fused-ring (bicyclic) bond motifs is 1. The monoisotopic (exact) mass is 447 g/mol.